The van der Waals surface area contributed by atoms with E-state index in [9.17, 15) is 8.42 Å². The van der Waals surface area contributed by atoms with Crippen molar-refractivity contribution in [1.82, 2.24) is 4.31 Å². The summed E-state index contributed by atoms with van der Waals surface area (Å²) in [6.07, 6.45) is 7.22. The zero-order valence-corrected chi connectivity index (χ0v) is 11.6. The molecular weight excluding hydrogens is 238 g/mol. The fourth-order valence-electron chi connectivity index (χ4n) is 2.40. The van der Waals surface area contributed by atoms with Gasteiger partial charge < -0.3 is 5.11 Å². The highest BCUT2D eigenvalue weighted by atomic mass is 32.2. The third-order valence-corrected chi connectivity index (χ3v) is 5.43. The van der Waals surface area contributed by atoms with Gasteiger partial charge in [0.25, 0.3) is 0 Å². The lowest BCUT2D eigenvalue weighted by atomic mass is 9.89. The Kier molecular flexibility index (Phi) is 6.44. The van der Waals surface area contributed by atoms with Crippen LogP contribution in [0.15, 0.2) is 0 Å². The zero-order chi connectivity index (χ0) is 12.7. The molecular formula is C12H25NO3S. The fourth-order valence-corrected chi connectivity index (χ4v) is 3.72. The summed E-state index contributed by atoms with van der Waals surface area (Å²) in [6.45, 7) is 0.739. The van der Waals surface area contributed by atoms with E-state index in [0.717, 1.165) is 12.8 Å². The third kappa shape index (κ3) is 5.36. The minimum atomic E-state index is -3.11. The van der Waals surface area contributed by atoms with E-state index >= 15 is 0 Å². The molecule has 0 heterocycles. The van der Waals surface area contributed by atoms with Crippen molar-refractivity contribution in [2.75, 3.05) is 26.0 Å². The van der Waals surface area contributed by atoms with Crippen molar-refractivity contribution in [1.29, 1.82) is 0 Å². The predicted octanol–water partition coefficient (Wildman–Crippen LogP) is 1.60. The number of aliphatic hydroxyl groups is 1. The molecule has 0 aromatic carbocycles. The maximum absolute atomic E-state index is 11.9. The number of unbranched alkanes of at least 4 members (excludes halogenated alkanes) is 1. The highest BCUT2D eigenvalue weighted by Crippen LogP contribution is 2.24. The second-order valence-corrected chi connectivity index (χ2v) is 7.23. The van der Waals surface area contributed by atoms with Gasteiger partial charge in [-0.05, 0) is 31.6 Å². The Labute approximate surface area is 105 Å². The molecule has 0 unspecified atom stereocenters. The molecule has 0 atom stereocenters. The lowest BCUT2D eigenvalue weighted by Crippen LogP contribution is -2.34. The minimum Gasteiger partial charge on any atom is -0.396 e. The Morgan fingerprint density at radius 1 is 1.18 bits per heavy atom. The van der Waals surface area contributed by atoms with Crippen molar-refractivity contribution in [2.45, 2.75) is 44.9 Å². The molecule has 17 heavy (non-hydrogen) atoms. The SMILES string of the molecule is CN(CC1CCCCC1)S(=O)(=O)CCCCO. The van der Waals surface area contributed by atoms with Gasteiger partial charge in [0.2, 0.25) is 10.0 Å². The molecule has 1 N–H and O–H groups in total. The third-order valence-electron chi connectivity index (χ3n) is 3.53. The van der Waals surface area contributed by atoms with Crippen LogP contribution in [-0.4, -0.2) is 43.8 Å². The standard InChI is InChI=1S/C12H25NO3S/c1-13(11-12-7-3-2-4-8-12)17(15,16)10-6-5-9-14/h12,14H,2-11H2,1H3. The second kappa shape index (κ2) is 7.34. The van der Waals surface area contributed by atoms with Crippen LogP contribution in [0.4, 0.5) is 0 Å². The number of hydrogen-bond donors (Lipinski definition) is 1. The largest absolute Gasteiger partial charge is 0.396 e. The van der Waals surface area contributed by atoms with Gasteiger partial charge in [0.1, 0.15) is 0 Å². The topological polar surface area (TPSA) is 57.6 Å². The van der Waals surface area contributed by atoms with Crippen LogP contribution >= 0.6 is 0 Å². The van der Waals surface area contributed by atoms with Gasteiger partial charge in [0.05, 0.1) is 5.75 Å². The summed E-state index contributed by atoms with van der Waals surface area (Å²) in [5.74, 6) is 0.706. The quantitative estimate of drug-likeness (QED) is 0.710. The van der Waals surface area contributed by atoms with Crippen molar-refractivity contribution in [2.24, 2.45) is 5.92 Å². The number of rotatable bonds is 7. The summed E-state index contributed by atoms with van der Waals surface area (Å²) < 4.78 is 25.4. The number of hydrogen-bond acceptors (Lipinski definition) is 3. The van der Waals surface area contributed by atoms with Crippen LogP contribution in [0.5, 0.6) is 0 Å². The molecule has 5 heteroatoms. The normalized spacial score (nSPS) is 18.8. The maximum atomic E-state index is 11.9. The van der Waals surface area contributed by atoms with Gasteiger partial charge >= 0.3 is 0 Å². The monoisotopic (exact) mass is 263 g/mol. The lowest BCUT2D eigenvalue weighted by molar-refractivity contribution is 0.285. The Bertz CT molecular complexity index is 297. The van der Waals surface area contributed by atoms with Gasteiger partial charge in [0, 0.05) is 20.2 Å². The summed E-state index contributed by atoms with van der Waals surface area (Å²) in [5, 5.41) is 8.65. The van der Waals surface area contributed by atoms with E-state index in [4.69, 9.17) is 5.11 Å². The molecule has 0 aromatic heterocycles. The molecule has 0 amide bonds. The summed E-state index contributed by atoms with van der Waals surface area (Å²) in [5.41, 5.74) is 0. The number of sulfonamides is 1. The van der Waals surface area contributed by atoms with Crippen LogP contribution in [0, 0.1) is 5.92 Å². The van der Waals surface area contributed by atoms with Gasteiger partial charge in [-0.15, -0.1) is 0 Å². The summed E-state index contributed by atoms with van der Waals surface area (Å²) >= 11 is 0. The summed E-state index contributed by atoms with van der Waals surface area (Å²) in [4.78, 5) is 0. The van der Waals surface area contributed by atoms with E-state index < -0.39 is 10.0 Å². The summed E-state index contributed by atoms with van der Waals surface area (Å²) in [7, 11) is -1.43. The van der Waals surface area contributed by atoms with E-state index in [0.29, 0.717) is 25.3 Å². The van der Waals surface area contributed by atoms with E-state index in [-0.39, 0.29) is 12.4 Å². The molecule has 0 aromatic rings. The van der Waals surface area contributed by atoms with Crippen molar-refractivity contribution >= 4 is 10.0 Å². The van der Waals surface area contributed by atoms with Crippen molar-refractivity contribution in [3.8, 4) is 0 Å². The van der Waals surface area contributed by atoms with Gasteiger partial charge in [-0.25, -0.2) is 12.7 Å². The highest BCUT2D eigenvalue weighted by molar-refractivity contribution is 7.89. The van der Waals surface area contributed by atoms with Crippen LogP contribution in [0.1, 0.15) is 44.9 Å². The van der Waals surface area contributed by atoms with E-state index in [1.165, 1.54) is 23.6 Å². The van der Waals surface area contributed by atoms with Crippen LogP contribution < -0.4 is 0 Å². The lowest BCUT2D eigenvalue weighted by Gasteiger charge is -2.26. The molecule has 0 bridgehead atoms. The van der Waals surface area contributed by atoms with Gasteiger partial charge in [-0.1, -0.05) is 19.3 Å². The molecule has 0 aliphatic heterocycles. The van der Waals surface area contributed by atoms with Crippen LogP contribution in [-0.2, 0) is 10.0 Å². The Morgan fingerprint density at radius 2 is 1.82 bits per heavy atom. The fraction of sp³-hybridized carbons (Fsp3) is 1.00. The Hall–Kier alpha value is -0.130. The molecule has 1 fully saturated rings. The minimum absolute atomic E-state index is 0.0713. The van der Waals surface area contributed by atoms with Crippen LogP contribution in [0.25, 0.3) is 0 Å². The zero-order valence-electron chi connectivity index (χ0n) is 10.8. The summed E-state index contributed by atoms with van der Waals surface area (Å²) in [6, 6.07) is 0. The molecule has 1 saturated carbocycles. The Morgan fingerprint density at radius 3 is 2.41 bits per heavy atom. The van der Waals surface area contributed by atoms with Crippen molar-refractivity contribution in [3.63, 3.8) is 0 Å². The first-order valence-electron chi connectivity index (χ1n) is 6.61. The first kappa shape index (κ1) is 14.9. The molecule has 1 aliphatic carbocycles. The predicted molar refractivity (Wildman–Crippen MR) is 69.3 cm³/mol. The van der Waals surface area contributed by atoms with Crippen molar-refractivity contribution < 1.29 is 13.5 Å². The average Bonchev–Trinajstić information content (AvgIpc) is 2.30. The maximum Gasteiger partial charge on any atom is 0.213 e. The van der Waals surface area contributed by atoms with Gasteiger partial charge in [-0.2, -0.15) is 0 Å². The number of nitrogens with zero attached hydrogens (tertiary/aromatic N) is 1. The average molecular weight is 263 g/mol. The van der Waals surface area contributed by atoms with Crippen molar-refractivity contribution in [3.05, 3.63) is 0 Å². The molecule has 0 spiro atoms. The molecule has 1 rings (SSSR count). The molecule has 0 radical (unpaired) electrons. The Balaban J connectivity index is 2.36. The molecule has 102 valence electrons. The van der Waals surface area contributed by atoms with Gasteiger partial charge in [-0.3, -0.25) is 0 Å². The first-order valence-corrected chi connectivity index (χ1v) is 8.22. The van der Waals surface area contributed by atoms with E-state index in [1.807, 2.05) is 0 Å². The van der Waals surface area contributed by atoms with E-state index in [1.54, 1.807) is 7.05 Å². The van der Waals surface area contributed by atoms with E-state index in [2.05, 4.69) is 0 Å². The highest BCUT2D eigenvalue weighted by Gasteiger charge is 2.22. The van der Waals surface area contributed by atoms with Gasteiger partial charge in [0.15, 0.2) is 0 Å². The number of aliphatic hydroxyl groups excluding tert-OH is 1. The second-order valence-electron chi connectivity index (χ2n) is 5.03. The molecule has 4 nitrogen and oxygen atoms in total. The van der Waals surface area contributed by atoms with Crippen LogP contribution in [0.3, 0.4) is 0 Å². The first-order chi connectivity index (χ1) is 8.06. The molecule has 1 aliphatic rings. The molecule has 0 saturated heterocycles. The smallest absolute Gasteiger partial charge is 0.213 e. The van der Waals surface area contributed by atoms with Crippen LogP contribution in [0.2, 0.25) is 0 Å².